The van der Waals surface area contributed by atoms with Gasteiger partial charge < -0.3 is 4.74 Å². The third-order valence-electron chi connectivity index (χ3n) is 8.46. The predicted molar refractivity (Wildman–Crippen MR) is 139 cm³/mol. The van der Waals surface area contributed by atoms with Crippen LogP contribution in [0.4, 0.5) is 0 Å². The van der Waals surface area contributed by atoms with Gasteiger partial charge in [0.05, 0.1) is 6.61 Å². The van der Waals surface area contributed by atoms with Crippen LogP contribution in [-0.2, 0) is 17.8 Å². The van der Waals surface area contributed by atoms with Crippen LogP contribution < -0.4 is 0 Å². The SMILES string of the molecule is CC=C[C@H]1CC[C@H](CCCC[C@H]2CC[C@H](CCCCc3ccc(COC)cc3)CC2)CC1. The first kappa shape index (κ1) is 25.5. The fourth-order valence-corrected chi connectivity index (χ4v) is 6.35. The molecule has 2 aliphatic rings. The largest absolute Gasteiger partial charge is 0.380 e. The maximum absolute atomic E-state index is 5.20. The minimum atomic E-state index is 0.723. The van der Waals surface area contributed by atoms with Crippen molar-refractivity contribution in [1.29, 1.82) is 0 Å². The molecule has 180 valence electrons. The molecule has 3 rings (SSSR count). The highest BCUT2D eigenvalue weighted by molar-refractivity contribution is 5.22. The third kappa shape index (κ3) is 9.42. The van der Waals surface area contributed by atoms with Gasteiger partial charge in [0.1, 0.15) is 0 Å². The summed E-state index contributed by atoms with van der Waals surface area (Å²) >= 11 is 0. The fraction of sp³-hybridized carbons (Fsp3) is 0.742. The molecular formula is C31H50O. The van der Waals surface area contributed by atoms with E-state index in [-0.39, 0.29) is 0 Å². The summed E-state index contributed by atoms with van der Waals surface area (Å²) in [5.74, 6) is 3.99. The van der Waals surface area contributed by atoms with Gasteiger partial charge in [-0.05, 0) is 80.2 Å². The molecule has 2 saturated carbocycles. The average molecular weight is 439 g/mol. The predicted octanol–water partition coefficient (Wildman–Crippen LogP) is 9.30. The Labute approximate surface area is 199 Å². The summed E-state index contributed by atoms with van der Waals surface area (Å²) in [6.45, 7) is 2.89. The highest BCUT2D eigenvalue weighted by Gasteiger charge is 2.22. The van der Waals surface area contributed by atoms with Crippen LogP contribution in [0, 0.1) is 23.7 Å². The van der Waals surface area contributed by atoms with Gasteiger partial charge in [-0.3, -0.25) is 0 Å². The minimum absolute atomic E-state index is 0.723. The van der Waals surface area contributed by atoms with Crippen molar-refractivity contribution in [1.82, 2.24) is 0 Å². The van der Waals surface area contributed by atoms with Crippen LogP contribution in [0.2, 0.25) is 0 Å². The summed E-state index contributed by atoms with van der Waals surface area (Å²) in [6, 6.07) is 9.01. The number of rotatable bonds is 13. The smallest absolute Gasteiger partial charge is 0.0713 e. The Morgan fingerprint density at radius 3 is 1.66 bits per heavy atom. The first-order valence-electron chi connectivity index (χ1n) is 14.0. The van der Waals surface area contributed by atoms with Gasteiger partial charge in [0.25, 0.3) is 0 Å². The van der Waals surface area contributed by atoms with Crippen molar-refractivity contribution in [2.75, 3.05) is 7.11 Å². The second-order valence-electron chi connectivity index (χ2n) is 11.0. The van der Waals surface area contributed by atoms with Gasteiger partial charge >= 0.3 is 0 Å². The molecule has 0 atom stereocenters. The number of ether oxygens (including phenoxy) is 1. The second-order valence-corrected chi connectivity index (χ2v) is 11.0. The van der Waals surface area contributed by atoms with Crippen molar-refractivity contribution in [2.45, 2.75) is 116 Å². The molecule has 0 bridgehead atoms. The van der Waals surface area contributed by atoms with E-state index in [9.17, 15) is 0 Å². The molecule has 1 nitrogen and oxygen atoms in total. The molecule has 2 fully saturated rings. The van der Waals surface area contributed by atoms with E-state index in [1.165, 1.54) is 114 Å². The lowest BCUT2D eigenvalue weighted by Gasteiger charge is -2.29. The standard InChI is InChI=1S/C31H50O/c1-3-8-26-13-15-27(16-14-26)9-4-5-10-28-17-19-29(20-18-28)11-6-7-12-30-21-23-31(24-22-30)25-32-2/h3,8,21-24,26-29H,4-7,9-20,25H2,1-2H3/t26-,27-,28-,29-. The molecule has 2 aliphatic carbocycles. The van der Waals surface area contributed by atoms with Crippen LogP contribution in [0.25, 0.3) is 0 Å². The minimum Gasteiger partial charge on any atom is -0.380 e. The molecule has 0 aliphatic heterocycles. The summed E-state index contributed by atoms with van der Waals surface area (Å²) < 4.78 is 5.20. The van der Waals surface area contributed by atoms with Crippen molar-refractivity contribution < 1.29 is 4.74 Å². The summed E-state index contributed by atoms with van der Waals surface area (Å²) in [5, 5.41) is 0. The second kappa shape index (κ2) is 14.9. The van der Waals surface area contributed by atoms with E-state index >= 15 is 0 Å². The van der Waals surface area contributed by atoms with Gasteiger partial charge in [-0.1, -0.05) is 101 Å². The van der Waals surface area contributed by atoms with E-state index in [4.69, 9.17) is 4.74 Å². The van der Waals surface area contributed by atoms with Crippen molar-refractivity contribution in [3.63, 3.8) is 0 Å². The average Bonchev–Trinajstić information content (AvgIpc) is 2.83. The molecule has 0 N–H and O–H groups in total. The Kier molecular flexibility index (Phi) is 11.9. The van der Waals surface area contributed by atoms with Crippen LogP contribution in [-0.4, -0.2) is 7.11 Å². The van der Waals surface area contributed by atoms with Crippen LogP contribution in [0.3, 0.4) is 0 Å². The first-order chi connectivity index (χ1) is 15.8. The Bertz CT molecular complexity index is 614. The normalized spacial score (nSPS) is 26.6. The van der Waals surface area contributed by atoms with Crippen molar-refractivity contribution in [2.24, 2.45) is 23.7 Å². The number of aryl methyl sites for hydroxylation is 1. The molecule has 1 aromatic rings. The van der Waals surface area contributed by atoms with Crippen LogP contribution in [0.1, 0.15) is 114 Å². The molecule has 0 unspecified atom stereocenters. The lowest BCUT2D eigenvalue weighted by molar-refractivity contribution is 0.185. The lowest BCUT2D eigenvalue weighted by atomic mass is 9.77. The highest BCUT2D eigenvalue weighted by atomic mass is 16.5. The van der Waals surface area contributed by atoms with Gasteiger partial charge in [-0.2, -0.15) is 0 Å². The summed E-state index contributed by atoms with van der Waals surface area (Å²) in [6.07, 6.45) is 28.0. The number of hydrogen-bond acceptors (Lipinski definition) is 1. The van der Waals surface area contributed by atoms with E-state index in [0.717, 1.165) is 30.3 Å². The molecule has 0 saturated heterocycles. The summed E-state index contributed by atoms with van der Waals surface area (Å²) in [5.41, 5.74) is 2.76. The number of methoxy groups -OCH3 is 1. The number of benzene rings is 1. The molecule has 1 aromatic carbocycles. The van der Waals surface area contributed by atoms with Gasteiger partial charge in [0, 0.05) is 7.11 Å². The zero-order chi connectivity index (χ0) is 22.4. The van der Waals surface area contributed by atoms with Gasteiger partial charge in [-0.25, -0.2) is 0 Å². The zero-order valence-electron chi connectivity index (χ0n) is 21.2. The van der Waals surface area contributed by atoms with E-state index in [0.29, 0.717) is 0 Å². The Morgan fingerprint density at radius 1 is 0.688 bits per heavy atom. The maximum Gasteiger partial charge on any atom is 0.0713 e. The summed E-state index contributed by atoms with van der Waals surface area (Å²) in [7, 11) is 1.76. The number of hydrogen-bond donors (Lipinski definition) is 0. The molecular weight excluding hydrogens is 388 g/mol. The van der Waals surface area contributed by atoms with Crippen molar-refractivity contribution in [3.05, 3.63) is 47.5 Å². The Morgan fingerprint density at radius 2 is 1.16 bits per heavy atom. The van der Waals surface area contributed by atoms with Crippen LogP contribution >= 0.6 is 0 Å². The van der Waals surface area contributed by atoms with Gasteiger partial charge in [-0.15, -0.1) is 0 Å². The van der Waals surface area contributed by atoms with E-state index in [2.05, 4.69) is 43.3 Å². The van der Waals surface area contributed by atoms with E-state index in [1.54, 1.807) is 7.11 Å². The quantitative estimate of drug-likeness (QED) is 0.220. The molecule has 32 heavy (non-hydrogen) atoms. The van der Waals surface area contributed by atoms with E-state index in [1.807, 2.05) is 0 Å². The molecule has 0 radical (unpaired) electrons. The Balaban J connectivity index is 1.17. The molecule has 0 spiro atoms. The summed E-state index contributed by atoms with van der Waals surface area (Å²) in [4.78, 5) is 0. The number of unbranched alkanes of at least 4 members (excludes halogenated alkanes) is 2. The molecule has 0 amide bonds. The monoisotopic (exact) mass is 438 g/mol. The number of allylic oxidation sites excluding steroid dienone is 2. The van der Waals surface area contributed by atoms with Gasteiger partial charge in [0.2, 0.25) is 0 Å². The molecule has 0 aromatic heterocycles. The maximum atomic E-state index is 5.20. The van der Waals surface area contributed by atoms with Crippen molar-refractivity contribution >= 4 is 0 Å². The third-order valence-corrected chi connectivity index (χ3v) is 8.46. The molecule has 0 heterocycles. The Hall–Kier alpha value is -1.08. The topological polar surface area (TPSA) is 9.23 Å². The highest BCUT2D eigenvalue weighted by Crippen LogP contribution is 2.36. The lowest BCUT2D eigenvalue weighted by Crippen LogP contribution is -2.15. The van der Waals surface area contributed by atoms with Gasteiger partial charge in [0.15, 0.2) is 0 Å². The van der Waals surface area contributed by atoms with Crippen LogP contribution in [0.5, 0.6) is 0 Å². The fourth-order valence-electron chi connectivity index (χ4n) is 6.35. The molecule has 1 heteroatoms. The van der Waals surface area contributed by atoms with Crippen LogP contribution in [0.15, 0.2) is 36.4 Å². The van der Waals surface area contributed by atoms with Crippen molar-refractivity contribution in [3.8, 4) is 0 Å². The zero-order valence-corrected chi connectivity index (χ0v) is 21.2. The van der Waals surface area contributed by atoms with E-state index < -0.39 is 0 Å². The first-order valence-corrected chi connectivity index (χ1v) is 14.0.